The number of carbonyl (C=O) groups is 1. The zero-order valence-corrected chi connectivity index (χ0v) is 13.4. The molecule has 2 N–H and O–H groups in total. The van der Waals surface area contributed by atoms with Gasteiger partial charge in [0.25, 0.3) is 0 Å². The van der Waals surface area contributed by atoms with Gasteiger partial charge in [-0.05, 0) is 29.5 Å². The lowest BCUT2D eigenvalue weighted by atomic mass is 10.0. The molecule has 0 aliphatic carbocycles. The number of fused-ring (bicyclic) bond motifs is 1. The number of carbonyl (C=O) groups excluding carboxylic acids is 1. The Morgan fingerprint density at radius 2 is 2.20 bits per heavy atom. The molecule has 1 unspecified atom stereocenters. The first kappa shape index (κ1) is 15.1. The Labute approximate surface area is 144 Å². The smallest absolute Gasteiger partial charge is 0.230 e. The number of nitriles is 1. The highest BCUT2D eigenvalue weighted by Crippen LogP contribution is 2.25. The number of rotatable bonds is 3. The van der Waals surface area contributed by atoms with E-state index in [0.29, 0.717) is 25.3 Å². The minimum atomic E-state index is -0.172. The first-order valence-corrected chi connectivity index (χ1v) is 8.07. The van der Waals surface area contributed by atoms with Crippen molar-refractivity contribution in [3.63, 3.8) is 0 Å². The van der Waals surface area contributed by atoms with Crippen LogP contribution in [0.4, 0.5) is 5.82 Å². The number of benzene rings is 1. The summed E-state index contributed by atoms with van der Waals surface area (Å²) < 4.78 is 0. The van der Waals surface area contributed by atoms with Crippen LogP contribution in [0, 0.1) is 17.4 Å². The number of hydrogen-bond donors (Lipinski definition) is 2. The summed E-state index contributed by atoms with van der Waals surface area (Å²) in [5.74, 6) is 0.266. The second-order valence-corrected chi connectivity index (χ2v) is 6.14. The average molecular weight is 332 g/mol. The van der Waals surface area contributed by atoms with Gasteiger partial charge in [-0.25, -0.2) is 4.98 Å². The average Bonchev–Trinajstić information content (AvgIpc) is 3.32. The standard InChI is InChI=1S/C18H16N6O/c19-11-24-4-3-14(10-24)18(25)23-17-6-15-5-12(16-8-21-22-9-16)1-2-13(15)7-20-17/h1-2,5-9,14H,3-4,10H2,(H,21,22)(H,20,23,25). The van der Waals surface area contributed by atoms with E-state index in [4.69, 9.17) is 5.26 Å². The van der Waals surface area contributed by atoms with Crippen molar-refractivity contribution in [2.75, 3.05) is 18.4 Å². The van der Waals surface area contributed by atoms with Crippen LogP contribution >= 0.6 is 0 Å². The molecule has 0 radical (unpaired) electrons. The van der Waals surface area contributed by atoms with Crippen LogP contribution in [-0.2, 0) is 4.79 Å². The largest absolute Gasteiger partial charge is 0.310 e. The summed E-state index contributed by atoms with van der Waals surface area (Å²) in [7, 11) is 0. The molecule has 0 bridgehead atoms. The Bertz CT molecular complexity index is 959. The number of hydrogen-bond acceptors (Lipinski definition) is 5. The van der Waals surface area contributed by atoms with Crippen molar-refractivity contribution in [3.8, 4) is 17.3 Å². The number of nitrogens with zero attached hydrogens (tertiary/aromatic N) is 4. The number of H-pyrrole nitrogens is 1. The monoisotopic (exact) mass is 332 g/mol. The molecule has 0 saturated carbocycles. The van der Waals surface area contributed by atoms with Crippen molar-refractivity contribution < 1.29 is 4.79 Å². The topological polar surface area (TPSA) is 97.7 Å². The number of nitrogens with one attached hydrogen (secondary N) is 2. The Kier molecular flexibility index (Phi) is 3.78. The molecule has 2 aromatic heterocycles. The highest BCUT2D eigenvalue weighted by atomic mass is 16.2. The fraction of sp³-hybridized carbons (Fsp3) is 0.222. The van der Waals surface area contributed by atoms with E-state index < -0.39 is 0 Å². The van der Waals surface area contributed by atoms with E-state index in [1.54, 1.807) is 17.3 Å². The SMILES string of the molecule is N#CN1CCC(C(=O)Nc2cc3cc(-c4cn[nH]c4)ccc3cn2)C1. The lowest BCUT2D eigenvalue weighted by molar-refractivity contribution is -0.119. The third-order valence-electron chi connectivity index (χ3n) is 4.51. The molecular weight excluding hydrogens is 316 g/mol. The maximum absolute atomic E-state index is 12.4. The molecule has 7 nitrogen and oxygen atoms in total. The molecule has 3 aromatic rings. The van der Waals surface area contributed by atoms with E-state index in [2.05, 4.69) is 26.7 Å². The van der Waals surface area contributed by atoms with Gasteiger partial charge in [0.05, 0.1) is 12.1 Å². The van der Waals surface area contributed by atoms with Crippen molar-refractivity contribution in [2.24, 2.45) is 5.92 Å². The van der Waals surface area contributed by atoms with E-state index in [9.17, 15) is 4.79 Å². The Balaban J connectivity index is 1.56. The third kappa shape index (κ3) is 3.02. The third-order valence-corrected chi connectivity index (χ3v) is 4.51. The normalized spacial score (nSPS) is 16.8. The number of aromatic nitrogens is 3. The molecule has 1 aliphatic rings. The van der Waals surface area contributed by atoms with E-state index >= 15 is 0 Å². The van der Waals surface area contributed by atoms with Crippen LogP contribution < -0.4 is 5.32 Å². The van der Waals surface area contributed by atoms with Crippen LogP contribution in [0.25, 0.3) is 21.9 Å². The minimum Gasteiger partial charge on any atom is -0.310 e. The zero-order valence-electron chi connectivity index (χ0n) is 13.4. The molecule has 1 atom stereocenters. The van der Waals surface area contributed by atoms with Crippen LogP contribution in [0.15, 0.2) is 42.9 Å². The van der Waals surface area contributed by atoms with Crippen LogP contribution in [0.1, 0.15) is 6.42 Å². The predicted molar refractivity (Wildman–Crippen MR) is 93.2 cm³/mol. The summed E-state index contributed by atoms with van der Waals surface area (Å²) in [4.78, 5) is 18.3. The van der Waals surface area contributed by atoms with Gasteiger partial charge in [-0.1, -0.05) is 12.1 Å². The maximum Gasteiger partial charge on any atom is 0.230 e. The molecule has 124 valence electrons. The quantitative estimate of drug-likeness (QED) is 0.718. The number of aromatic amines is 1. The number of amides is 1. The van der Waals surface area contributed by atoms with Crippen LogP contribution in [0.3, 0.4) is 0 Å². The second-order valence-electron chi connectivity index (χ2n) is 6.14. The van der Waals surface area contributed by atoms with Gasteiger partial charge in [0, 0.05) is 36.4 Å². The Hall–Kier alpha value is -3.40. The molecule has 4 rings (SSSR count). The molecule has 1 aromatic carbocycles. The van der Waals surface area contributed by atoms with Crippen LogP contribution in [0.5, 0.6) is 0 Å². The summed E-state index contributed by atoms with van der Waals surface area (Å²) in [5, 5.41) is 20.5. The lowest BCUT2D eigenvalue weighted by Gasteiger charge is -2.11. The summed E-state index contributed by atoms with van der Waals surface area (Å²) >= 11 is 0. The first-order chi connectivity index (χ1) is 12.2. The highest BCUT2D eigenvalue weighted by molar-refractivity contribution is 5.95. The summed E-state index contributed by atoms with van der Waals surface area (Å²) in [5.41, 5.74) is 2.05. The summed E-state index contributed by atoms with van der Waals surface area (Å²) in [6, 6.07) is 7.93. The molecule has 1 fully saturated rings. The van der Waals surface area contributed by atoms with Crippen molar-refractivity contribution in [3.05, 3.63) is 42.9 Å². The molecular formula is C18H16N6O. The molecule has 1 amide bonds. The van der Waals surface area contributed by atoms with E-state index in [0.717, 1.165) is 21.9 Å². The fourth-order valence-corrected chi connectivity index (χ4v) is 3.09. The zero-order chi connectivity index (χ0) is 17.2. The summed E-state index contributed by atoms with van der Waals surface area (Å²) in [6.45, 7) is 1.11. The lowest BCUT2D eigenvalue weighted by Crippen LogP contribution is -2.25. The Morgan fingerprint density at radius 1 is 1.28 bits per heavy atom. The molecule has 1 aliphatic heterocycles. The van der Waals surface area contributed by atoms with Gasteiger partial charge in [0.15, 0.2) is 6.19 Å². The van der Waals surface area contributed by atoms with Gasteiger partial charge >= 0.3 is 0 Å². The Morgan fingerprint density at radius 3 is 2.96 bits per heavy atom. The molecule has 0 spiro atoms. The van der Waals surface area contributed by atoms with Crippen molar-refractivity contribution >= 4 is 22.5 Å². The second kappa shape index (κ2) is 6.24. The van der Waals surface area contributed by atoms with Crippen LogP contribution in [0.2, 0.25) is 0 Å². The van der Waals surface area contributed by atoms with Crippen molar-refractivity contribution in [2.45, 2.75) is 6.42 Å². The van der Waals surface area contributed by atoms with Gasteiger partial charge in [-0.3, -0.25) is 9.89 Å². The van der Waals surface area contributed by atoms with E-state index in [1.807, 2.05) is 30.5 Å². The highest BCUT2D eigenvalue weighted by Gasteiger charge is 2.27. The van der Waals surface area contributed by atoms with Crippen LogP contribution in [-0.4, -0.2) is 39.1 Å². The van der Waals surface area contributed by atoms with Crippen molar-refractivity contribution in [1.29, 1.82) is 5.26 Å². The first-order valence-electron chi connectivity index (χ1n) is 8.07. The minimum absolute atomic E-state index is 0.0874. The van der Waals surface area contributed by atoms with Gasteiger partial charge in [0.1, 0.15) is 5.82 Å². The van der Waals surface area contributed by atoms with Gasteiger partial charge < -0.3 is 10.2 Å². The number of likely N-dealkylation sites (tertiary alicyclic amines) is 1. The van der Waals surface area contributed by atoms with E-state index in [1.165, 1.54) is 0 Å². The predicted octanol–water partition coefficient (Wildman–Crippen LogP) is 2.37. The molecule has 1 saturated heterocycles. The van der Waals surface area contributed by atoms with Crippen molar-refractivity contribution in [1.82, 2.24) is 20.1 Å². The van der Waals surface area contributed by atoms with E-state index in [-0.39, 0.29) is 11.8 Å². The molecule has 25 heavy (non-hydrogen) atoms. The molecule has 3 heterocycles. The maximum atomic E-state index is 12.4. The van der Waals surface area contributed by atoms with Gasteiger partial charge in [-0.15, -0.1) is 0 Å². The summed E-state index contributed by atoms with van der Waals surface area (Å²) in [6.07, 6.45) is 8.14. The number of pyridine rings is 1. The fourth-order valence-electron chi connectivity index (χ4n) is 3.09. The number of anilines is 1. The van der Waals surface area contributed by atoms with Gasteiger partial charge in [0.2, 0.25) is 5.91 Å². The van der Waals surface area contributed by atoms with Gasteiger partial charge in [-0.2, -0.15) is 10.4 Å². The molecule has 7 heteroatoms.